The number of hydrogen-bond acceptors (Lipinski definition) is 2. The molecule has 1 aliphatic carbocycles. The van der Waals surface area contributed by atoms with Crippen LogP contribution in [0.3, 0.4) is 0 Å². The summed E-state index contributed by atoms with van der Waals surface area (Å²) >= 11 is 0. The Balaban J connectivity index is 0.00000196. The smallest absolute Gasteiger partial charge is 0.163 e. The van der Waals surface area contributed by atoms with Crippen LogP contribution in [-0.2, 0) is 12.8 Å². The molecule has 3 heteroatoms. The van der Waals surface area contributed by atoms with Crippen LogP contribution in [0.15, 0.2) is 54.6 Å². The van der Waals surface area contributed by atoms with Crippen molar-refractivity contribution in [2.45, 2.75) is 32.1 Å². The van der Waals surface area contributed by atoms with Crippen LogP contribution in [0.25, 0.3) is 0 Å². The minimum Gasteiger partial charge on any atom is -0.303 e. The van der Waals surface area contributed by atoms with Gasteiger partial charge < -0.3 is 4.90 Å². The van der Waals surface area contributed by atoms with Gasteiger partial charge in [0, 0.05) is 18.5 Å². The van der Waals surface area contributed by atoms with E-state index in [1.54, 1.807) is 0 Å². The molecule has 2 aromatic carbocycles. The predicted molar refractivity (Wildman–Crippen MR) is 109 cm³/mol. The summed E-state index contributed by atoms with van der Waals surface area (Å²) in [6.07, 6.45) is 5.56. The molecule has 138 valence electrons. The molecule has 0 bridgehead atoms. The lowest BCUT2D eigenvalue weighted by molar-refractivity contribution is 0.0915. The van der Waals surface area contributed by atoms with Crippen LogP contribution in [0.1, 0.15) is 40.7 Å². The predicted octanol–water partition coefficient (Wildman–Crippen LogP) is 4.81. The van der Waals surface area contributed by atoms with Gasteiger partial charge in [-0.25, -0.2) is 0 Å². The third-order valence-corrected chi connectivity index (χ3v) is 5.89. The van der Waals surface area contributed by atoms with Gasteiger partial charge in [0.15, 0.2) is 5.78 Å². The maximum Gasteiger partial charge on any atom is 0.163 e. The van der Waals surface area contributed by atoms with Crippen molar-refractivity contribution in [1.82, 2.24) is 4.90 Å². The molecule has 1 aliphatic heterocycles. The lowest BCUT2D eigenvalue weighted by Gasteiger charge is -2.35. The van der Waals surface area contributed by atoms with Crippen molar-refractivity contribution in [3.05, 3.63) is 71.3 Å². The van der Waals surface area contributed by atoms with E-state index in [-0.39, 0.29) is 12.4 Å². The number of ketones is 1. The number of likely N-dealkylation sites (tertiary alicyclic amines) is 1. The van der Waals surface area contributed by atoms with Crippen LogP contribution in [0.2, 0.25) is 0 Å². The fraction of sp³-hybridized carbons (Fsp3) is 0.435. The Morgan fingerprint density at radius 3 is 2.31 bits per heavy atom. The largest absolute Gasteiger partial charge is 0.303 e. The molecule has 1 unspecified atom stereocenters. The van der Waals surface area contributed by atoms with E-state index in [4.69, 9.17) is 0 Å². The number of hydrogen-bond donors (Lipinski definition) is 0. The Morgan fingerprint density at radius 1 is 0.846 bits per heavy atom. The van der Waals surface area contributed by atoms with Gasteiger partial charge in [-0.2, -0.15) is 0 Å². The molecule has 4 rings (SSSR count). The first-order chi connectivity index (χ1) is 12.3. The summed E-state index contributed by atoms with van der Waals surface area (Å²) in [6, 6.07) is 19.0. The van der Waals surface area contributed by atoms with Crippen molar-refractivity contribution in [3.63, 3.8) is 0 Å². The molecule has 26 heavy (non-hydrogen) atoms. The first-order valence-corrected chi connectivity index (χ1v) is 9.65. The van der Waals surface area contributed by atoms with Gasteiger partial charge >= 0.3 is 0 Å². The van der Waals surface area contributed by atoms with Gasteiger partial charge in [-0.3, -0.25) is 4.79 Å². The number of nitrogens with zero attached hydrogens (tertiary/aromatic N) is 1. The lowest BCUT2D eigenvalue weighted by Crippen LogP contribution is -2.39. The van der Waals surface area contributed by atoms with Gasteiger partial charge in [0.05, 0.1) is 0 Å². The third kappa shape index (κ3) is 4.55. The molecule has 1 heterocycles. The number of carbonyl (C=O) groups excluding carboxylic acids is 1. The maximum absolute atomic E-state index is 12.4. The summed E-state index contributed by atoms with van der Waals surface area (Å²) in [7, 11) is 0. The maximum atomic E-state index is 12.4. The van der Waals surface area contributed by atoms with Crippen LogP contribution in [-0.4, -0.2) is 30.3 Å². The average molecular weight is 370 g/mol. The summed E-state index contributed by atoms with van der Waals surface area (Å²) in [5.41, 5.74) is 3.68. The zero-order valence-corrected chi connectivity index (χ0v) is 16.1. The number of rotatable bonds is 4. The Labute approximate surface area is 163 Å². The molecular weight excluding hydrogens is 342 g/mol. The molecule has 1 atom stereocenters. The Morgan fingerprint density at radius 2 is 1.54 bits per heavy atom. The van der Waals surface area contributed by atoms with Crippen LogP contribution in [0, 0.1) is 11.8 Å². The van der Waals surface area contributed by atoms with E-state index >= 15 is 0 Å². The van der Waals surface area contributed by atoms with E-state index in [1.165, 1.54) is 43.5 Å². The number of piperidine rings is 1. The van der Waals surface area contributed by atoms with Gasteiger partial charge in [-0.05, 0) is 61.7 Å². The first kappa shape index (κ1) is 19.1. The first-order valence-electron chi connectivity index (χ1n) is 9.65. The fourth-order valence-corrected chi connectivity index (χ4v) is 4.54. The van der Waals surface area contributed by atoms with Crippen molar-refractivity contribution in [3.8, 4) is 0 Å². The number of benzene rings is 2. The number of halogens is 1. The van der Waals surface area contributed by atoms with Crippen molar-refractivity contribution in [2.24, 2.45) is 11.8 Å². The fourth-order valence-electron chi connectivity index (χ4n) is 4.54. The van der Waals surface area contributed by atoms with E-state index in [0.717, 1.165) is 30.9 Å². The van der Waals surface area contributed by atoms with Crippen molar-refractivity contribution in [1.29, 1.82) is 0 Å². The third-order valence-electron chi connectivity index (χ3n) is 5.89. The Hall–Kier alpha value is -1.64. The van der Waals surface area contributed by atoms with Crippen LogP contribution < -0.4 is 0 Å². The molecule has 0 N–H and O–H groups in total. The van der Waals surface area contributed by atoms with Gasteiger partial charge in [-0.15, -0.1) is 12.4 Å². The van der Waals surface area contributed by atoms with Gasteiger partial charge in [0.25, 0.3) is 0 Å². The lowest BCUT2D eigenvalue weighted by atomic mass is 9.82. The zero-order chi connectivity index (χ0) is 17.1. The summed E-state index contributed by atoms with van der Waals surface area (Å²) in [4.78, 5) is 15.0. The van der Waals surface area contributed by atoms with Crippen molar-refractivity contribution < 1.29 is 4.79 Å². The summed E-state index contributed by atoms with van der Waals surface area (Å²) < 4.78 is 0. The highest BCUT2D eigenvalue weighted by Gasteiger charge is 2.27. The number of fused-ring (bicyclic) bond motifs is 1. The van der Waals surface area contributed by atoms with E-state index in [2.05, 4.69) is 47.4 Å². The molecule has 0 spiro atoms. The van der Waals surface area contributed by atoms with E-state index in [1.807, 2.05) is 12.1 Å². The summed E-state index contributed by atoms with van der Waals surface area (Å²) in [5, 5.41) is 0. The average Bonchev–Trinajstić information content (AvgIpc) is 2.64. The molecular formula is C23H28ClNO. The summed E-state index contributed by atoms with van der Waals surface area (Å²) in [5.74, 6) is 1.64. The highest BCUT2D eigenvalue weighted by Crippen LogP contribution is 2.28. The number of Topliss-reactive ketones (excluding diaryl/α,β-unsaturated/α-hetero) is 1. The molecule has 2 nitrogen and oxygen atoms in total. The SMILES string of the molecule is Cl.O=C1CC(CN2CCC(Cc3ccccc3)CC2)Cc2ccccc21. The van der Waals surface area contributed by atoms with Crippen molar-refractivity contribution >= 4 is 18.2 Å². The highest BCUT2D eigenvalue weighted by atomic mass is 35.5. The normalized spacial score (nSPS) is 21.1. The number of carbonyl (C=O) groups is 1. The molecule has 0 saturated carbocycles. The highest BCUT2D eigenvalue weighted by molar-refractivity contribution is 5.98. The molecule has 0 amide bonds. The standard InChI is InChI=1S/C23H27NO.ClH/c25-23-16-20(15-21-8-4-5-9-22(21)23)17-24-12-10-19(11-13-24)14-18-6-2-1-3-7-18;/h1-9,19-20H,10-17H2;1H. The van der Waals surface area contributed by atoms with Gasteiger partial charge in [-0.1, -0.05) is 54.6 Å². The van der Waals surface area contributed by atoms with E-state index < -0.39 is 0 Å². The molecule has 0 radical (unpaired) electrons. The van der Waals surface area contributed by atoms with Crippen LogP contribution in [0.4, 0.5) is 0 Å². The minimum atomic E-state index is 0. The second-order valence-electron chi connectivity index (χ2n) is 7.79. The quantitative estimate of drug-likeness (QED) is 0.770. The molecule has 1 fully saturated rings. The second-order valence-corrected chi connectivity index (χ2v) is 7.79. The van der Waals surface area contributed by atoms with E-state index in [0.29, 0.717) is 11.7 Å². The van der Waals surface area contributed by atoms with E-state index in [9.17, 15) is 4.79 Å². The Kier molecular flexibility index (Phi) is 6.50. The monoisotopic (exact) mass is 369 g/mol. The molecule has 0 aromatic heterocycles. The minimum absolute atomic E-state index is 0. The molecule has 2 aromatic rings. The van der Waals surface area contributed by atoms with Crippen LogP contribution in [0.5, 0.6) is 0 Å². The topological polar surface area (TPSA) is 20.3 Å². The van der Waals surface area contributed by atoms with Crippen LogP contribution >= 0.6 is 12.4 Å². The molecule has 1 saturated heterocycles. The van der Waals surface area contributed by atoms with Gasteiger partial charge in [0.1, 0.15) is 0 Å². The van der Waals surface area contributed by atoms with Crippen molar-refractivity contribution in [2.75, 3.05) is 19.6 Å². The Bertz CT molecular complexity index is 722. The van der Waals surface area contributed by atoms with Gasteiger partial charge in [0.2, 0.25) is 0 Å². The molecule has 2 aliphatic rings. The second kappa shape index (κ2) is 8.83. The summed E-state index contributed by atoms with van der Waals surface area (Å²) in [6.45, 7) is 3.45. The zero-order valence-electron chi connectivity index (χ0n) is 15.3.